The van der Waals surface area contributed by atoms with E-state index in [1.54, 1.807) is 6.92 Å². The Hall–Kier alpha value is -1.05. The van der Waals surface area contributed by atoms with Crippen molar-refractivity contribution in [1.29, 1.82) is 0 Å². The van der Waals surface area contributed by atoms with Crippen molar-refractivity contribution in [2.45, 2.75) is 25.9 Å². The summed E-state index contributed by atoms with van der Waals surface area (Å²) in [7, 11) is 0. The lowest BCUT2D eigenvalue weighted by molar-refractivity contribution is 0.0844. The van der Waals surface area contributed by atoms with Crippen LogP contribution >= 0.6 is 0 Å². The molecule has 0 radical (unpaired) electrons. The van der Waals surface area contributed by atoms with Gasteiger partial charge in [0, 0.05) is 6.42 Å². The molecule has 0 spiro atoms. The summed E-state index contributed by atoms with van der Waals surface area (Å²) in [5, 5.41) is 0. The summed E-state index contributed by atoms with van der Waals surface area (Å²) in [5.41, 5.74) is 0.922. The van der Waals surface area contributed by atoms with Crippen molar-refractivity contribution in [3.8, 4) is 5.75 Å². The van der Waals surface area contributed by atoms with E-state index in [1.807, 2.05) is 25.1 Å². The lowest BCUT2D eigenvalue weighted by Crippen LogP contribution is -2.33. The van der Waals surface area contributed by atoms with E-state index in [0.717, 1.165) is 16.9 Å². The second-order valence-corrected chi connectivity index (χ2v) is 3.99. The fourth-order valence-corrected chi connectivity index (χ4v) is 1.62. The highest BCUT2D eigenvalue weighted by atomic mass is 19.1. The normalized spacial score (nSPS) is 26.4. The van der Waals surface area contributed by atoms with Crippen LogP contribution in [0.3, 0.4) is 0 Å². The van der Waals surface area contributed by atoms with E-state index in [0.29, 0.717) is 6.42 Å². The van der Waals surface area contributed by atoms with Crippen molar-refractivity contribution in [3.05, 3.63) is 29.3 Å². The van der Waals surface area contributed by atoms with Gasteiger partial charge in [-0.3, -0.25) is 0 Å². The average molecular weight is 180 g/mol. The average Bonchev–Trinajstić information content (AvgIpc) is 2.05. The maximum absolute atomic E-state index is 13.5. The van der Waals surface area contributed by atoms with Crippen LogP contribution in [-0.2, 0) is 6.42 Å². The van der Waals surface area contributed by atoms with Gasteiger partial charge in [0.1, 0.15) is 18.0 Å². The Morgan fingerprint density at radius 3 is 3.00 bits per heavy atom. The van der Waals surface area contributed by atoms with E-state index >= 15 is 0 Å². The molecule has 1 atom stereocenters. The molecule has 0 saturated carbocycles. The molecule has 0 fully saturated rings. The summed E-state index contributed by atoms with van der Waals surface area (Å²) in [4.78, 5) is 0. The van der Waals surface area contributed by atoms with Gasteiger partial charge in [-0.05, 0) is 31.0 Å². The Labute approximate surface area is 77.5 Å². The van der Waals surface area contributed by atoms with Crippen LogP contribution in [0.25, 0.3) is 0 Å². The maximum Gasteiger partial charge on any atom is 0.146 e. The van der Waals surface area contributed by atoms with Crippen LogP contribution in [0.5, 0.6) is 5.75 Å². The molecule has 1 unspecified atom stereocenters. The Morgan fingerprint density at radius 1 is 1.46 bits per heavy atom. The summed E-state index contributed by atoms with van der Waals surface area (Å²) in [6.45, 7) is 3.76. The number of ether oxygens (including phenoxy) is 1. The molecule has 1 aliphatic heterocycles. The SMILES string of the molecule is Cc1ccc2c(c1)OCC(C)(F)C2. The quantitative estimate of drug-likeness (QED) is 0.596. The highest BCUT2D eigenvalue weighted by Crippen LogP contribution is 2.31. The molecule has 2 rings (SSSR count). The first kappa shape index (κ1) is 8.54. The third kappa shape index (κ3) is 1.67. The zero-order valence-electron chi connectivity index (χ0n) is 7.93. The smallest absolute Gasteiger partial charge is 0.146 e. The van der Waals surface area contributed by atoms with Crippen LogP contribution < -0.4 is 4.74 Å². The van der Waals surface area contributed by atoms with E-state index in [-0.39, 0.29) is 6.61 Å². The van der Waals surface area contributed by atoms with E-state index in [4.69, 9.17) is 4.74 Å². The van der Waals surface area contributed by atoms with Gasteiger partial charge < -0.3 is 4.74 Å². The lowest BCUT2D eigenvalue weighted by atomic mass is 9.95. The van der Waals surface area contributed by atoms with Crippen LogP contribution in [0.1, 0.15) is 18.1 Å². The molecule has 0 aromatic heterocycles. The fourth-order valence-electron chi connectivity index (χ4n) is 1.62. The number of hydrogen-bond acceptors (Lipinski definition) is 1. The molecule has 1 aromatic carbocycles. The van der Waals surface area contributed by atoms with Gasteiger partial charge in [0.15, 0.2) is 0 Å². The molecule has 0 saturated heterocycles. The number of aryl methyl sites for hydroxylation is 1. The third-order valence-electron chi connectivity index (χ3n) is 2.31. The largest absolute Gasteiger partial charge is 0.490 e. The lowest BCUT2D eigenvalue weighted by Gasteiger charge is -2.28. The highest BCUT2D eigenvalue weighted by Gasteiger charge is 2.30. The van der Waals surface area contributed by atoms with Crippen molar-refractivity contribution in [2.75, 3.05) is 6.61 Å². The number of halogens is 1. The molecule has 2 heteroatoms. The molecule has 0 N–H and O–H groups in total. The first-order chi connectivity index (χ1) is 6.07. The standard InChI is InChI=1S/C11H13FO/c1-8-3-4-9-6-11(2,12)7-13-10(9)5-8/h3-5H,6-7H2,1-2H3. The van der Waals surface area contributed by atoms with Crippen LogP contribution in [-0.4, -0.2) is 12.3 Å². The predicted molar refractivity (Wildman–Crippen MR) is 49.9 cm³/mol. The predicted octanol–water partition coefficient (Wildman–Crippen LogP) is 2.66. The van der Waals surface area contributed by atoms with Crippen LogP contribution in [0.15, 0.2) is 18.2 Å². The zero-order chi connectivity index (χ0) is 9.47. The molecular formula is C11H13FO. The van der Waals surface area contributed by atoms with Gasteiger partial charge in [-0.25, -0.2) is 4.39 Å². The highest BCUT2D eigenvalue weighted by molar-refractivity contribution is 5.39. The number of fused-ring (bicyclic) bond motifs is 1. The summed E-state index contributed by atoms with van der Waals surface area (Å²) in [5.74, 6) is 0.843. The second-order valence-electron chi connectivity index (χ2n) is 3.99. The van der Waals surface area contributed by atoms with Crippen molar-refractivity contribution in [1.82, 2.24) is 0 Å². The number of alkyl halides is 1. The van der Waals surface area contributed by atoms with E-state index in [2.05, 4.69) is 0 Å². The number of benzene rings is 1. The second kappa shape index (κ2) is 2.72. The maximum atomic E-state index is 13.5. The molecule has 1 aliphatic rings. The minimum atomic E-state index is -1.21. The summed E-state index contributed by atoms with van der Waals surface area (Å²) in [6.07, 6.45) is 0.461. The first-order valence-corrected chi connectivity index (χ1v) is 4.48. The van der Waals surface area contributed by atoms with E-state index < -0.39 is 5.67 Å². The minimum Gasteiger partial charge on any atom is -0.490 e. The van der Waals surface area contributed by atoms with Crippen molar-refractivity contribution in [3.63, 3.8) is 0 Å². The molecule has 0 aliphatic carbocycles. The van der Waals surface area contributed by atoms with Crippen molar-refractivity contribution < 1.29 is 9.13 Å². The van der Waals surface area contributed by atoms with Crippen LogP contribution in [0, 0.1) is 6.92 Å². The first-order valence-electron chi connectivity index (χ1n) is 4.48. The van der Waals surface area contributed by atoms with Gasteiger partial charge in [0.05, 0.1) is 0 Å². The van der Waals surface area contributed by atoms with Gasteiger partial charge >= 0.3 is 0 Å². The minimum absolute atomic E-state index is 0.170. The van der Waals surface area contributed by atoms with Gasteiger partial charge in [-0.1, -0.05) is 12.1 Å². The Bertz CT molecular complexity index is 331. The zero-order valence-corrected chi connectivity index (χ0v) is 7.93. The Balaban J connectivity index is 2.37. The molecule has 1 aromatic rings. The molecule has 70 valence electrons. The van der Waals surface area contributed by atoms with Gasteiger partial charge in [0.25, 0.3) is 0 Å². The van der Waals surface area contributed by atoms with Gasteiger partial charge in [-0.15, -0.1) is 0 Å². The van der Waals surface area contributed by atoms with Crippen molar-refractivity contribution >= 4 is 0 Å². The van der Waals surface area contributed by atoms with E-state index in [1.165, 1.54) is 0 Å². The van der Waals surface area contributed by atoms with Crippen molar-refractivity contribution in [2.24, 2.45) is 0 Å². The Kier molecular flexibility index (Phi) is 1.79. The number of rotatable bonds is 0. The topological polar surface area (TPSA) is 9.23 Å². The van der Waals surface area contributed by atoms with Gasteiger partial charge in [0.2, 0.25) is 0 Å². The summed E-state index contributed by atoms with van der Waals surface area (Å²) < 4.78 is 18.9. The molecule has 1 nitrogen and oxygen atoms in total. The van der Waals surface area contributed by atoms with Crippen LogP contribution in [0.2, 0.25) is 0 Å². The number of hydrogen-bond donors (Lipinski definition) is 0. The molecular weight excluding hydrogens is 167 g/mol. The summed E-state index contributed by atoms with van der Waals surface area (Å²) in [6, 6.07) is 5.90. The monoisotopic (exact) mass is 180 g/mol. The Morgan fingerprint density at radius 2 is 2.23 bits per heavy atom. The fraction of sp³-hybridized carbons (Fsp3) is 0.455. The van der Waals surface area contributed by atoms with E-state index in [9.17, 15) is 4.39 Å². The van der Waals surface area contributed by atoms with Gasteiger partial charge in [-0.2, -0.15) is 0 Å². The van der Waals surface area contributed by atoms with Crippen LogP contribution in [0.4, 0.5) is 4.39 Å². The molecule has 0 bridgehead atoms. The molecule has 0 amide bonds. The molecule has 1 heterocycles. The molecule has 13 heavy (non-hydrogen) atoms. The third-order valence-corrected chi connectivity index (χ3v) is 2.31. The summed E-state index contributed by atoms with van der Waals surface area (Å²) >= 11 is 0.